The zero-order valence-electron chi connectivity index (χ0n) is 14.0. The topological polar surface area (TPSA) is 75.8 Å². The molecule has 1 aliphatic heterocycles. The van der Waals surface area contributed by atoms with Gasteiger partial charge in [-0.1, -0.05) is 53.7 Å². The van der Waals surface area contributed by atoms with E-state index >= 15 is 0 Å². The maximum atomic E-state index is 12.7. The number of amides is 2. The van der Waals surface area contributed by atoms with E-state index in [9.17, 15) is 9.59 Å². The van der Waals surface area contributed by atoms with Crippen LogP contribution < -0.4 is 5.73 Å². The Bertz CT molecular complexity index is 824. The van der Waals surface area contributed by atoms with E-state index in [-0.39, 0.29) is 12.3 Å². The number of amidine groups is 1. The van der Waals surface area contributed by atoms with Gasteiger partial charge in [-0.3, -0.25) is 14.5 Å². The maximum Gasteiger partial charge on any atom is 0.242 e. The van der Waals surface area contributed by atoms with Gasteiger partial charge in [-0.2, -0.15) is 0 Å². The molecule has 1 saturated heterocycles. The van der Waals surface area contributed by atoms with Gasteiger partial charge in [0.25, 0.3) is 0 Å². The van der Waals surface area contributed by atoms with Crippen LogP contribution in [0.4, 0.5) is 5.69 Å². The Morgan fingerprint density at radius 2 is 1.85 bits per heavy atom. The molecule has 134 valence electrons. The fourth-order valence-corrected chi connectivity index (χ4v) is 3.94. The molecule has 0 unspecified atom stereocenters. The maximum absolute atomic E-state index is 12.7. The predicted octanol–water partition coefficient (Wildman–Crippen LogP) is 3.39. The fourth-order valence-electron chi connectivity index (χ4n) is 2.62. The van der Waals surface area contributed by atoms with Crippen molar-refractivity contribution in [3.8, 4) is 0 Å². The Morgan fingerprint density at radius 3 is 2.50 bits per heavy atom. The first kappa shape index (κ1) is 18.5. The monoisotopic (exact) mass is 387 g/mol. The summed E-state index contributed by atoms with van der Waals surface area (Å²) < 4.78 is 0. The van der Waals surface area contributed by atoms with Crippen LogP contribution >= 0.6 is 23.4 Å². The number of halogens is 1. The number of carbonyl (C=O) groups is 2. The molecule has 1 heterocycles. The van der Waals surface area contributed by atoms with Gasteiger partial charge < -0.3 is 5.73 Å². The summed E-state index contributed by atoms with van der Waals surface area (Å²) in [5.41, 5.74) is 7.12. The minimum atomic E-state index is -0.514. The smallest absolute Gasteiger partial charge is 0.242 e. The van der Waals surface area contributed by atoms with Crippen LogP contribution in [0, 0.1) is 0 Å². The first-order valence-electron chi connectivity index (χ1n) is 8.17. The van der Waals surface area contributed by atoms with Crippen LogP contribution in [0.3, 0.4) is 0 Å². The lowest BCUT2D eigenvalue weighted by molar-refractivity contribution is -0.128. The molecule has 2 aromatic rings. The highest BCUT2D eigenvalue weighted by atomic mass is 35.5. The largest absolute Gasteiger partial charge is 0.370 e. The van der Waals surface area contributed by atoms with E-state index in [4.69, 9.17) is 17.3 Å². The number of nitrogens with zero attached hydrogens (tertiary/aromatic N) is 2. The van der Waals surface area contributed by atoms with Gasteiger partial charge in [0, 0.05) is 18.0 Å². The zero-order chi connectivity index (χ0) is 18.5. The van der Waals surface area contributed by atoms with Crippen LogP contribution in [0.25, 0.3) is 0 Å². The van der Waals surface area contributed by atoms with Gasteiger partial charge in [0.05, 0.1) is 5.69 Å². The molecule has 0 bridgehead atoms. The third kappa shape index (κ3) is 4.65. The second kappa shape index (κ2) is 8.38. The molecular weight excluding hydrogens is 370 g/mol. The van der Waals surface area contributed by atoms with Gasteiger partial charge in [0.15, 0.2) is 5.17 Å². The summed E-state index contributed by atoms with van der Waals surface area (Å²) in [7, 11) is 0. The van der Waals surface area contributed by atoms with E-state index < -0.39 is 11.2 Å². The number of hydrogen-bond acceptors (Lipinski definition) is 4. The molecule has 0 spiro atoms. The highest BCUT2D eigenvalue weighted by molar-refractivity contribution is 8.15. The van der Waals surface area contributed by atoms with Crippen molar-refractivity contribution < 1.29 is 9.59 Å². The minimum absolute atomic E-state index is 0.00869. The average Bonchev–Trinajstić information content (AvgIpc) is 2.90. The highest BCUT2D eigenvalue weighted by Crippen LogP contribution is 2.31. The van der Waals surface area contributed by atoms with E-state index in [0.717, 1.165) is 11.3 Å². The van der Waals surface area contributed by atoms with Crippen molar-refractivity contribution in [2.24, 2.45) is 10.7 Å². The van der Waals surface area contributed by atoms with E-state index in [1.54, 1.807) is 4.90 Å². The highest BCUT2D eigenvalue weighted by Gasteiger charge is 2.38. The molecule has 2 aromatic carbocycles. The molecule has 2 N–H and O–H groups in total. The van der Waals surface area contributed by atoms with Crippen molar-refractivity contribution >= 4 is 46.0 Å². The average molecular weight is 388 g/mol. The number of benzene rings is 2. The Labute approximate surface area is 161 Å². The molecule has 1 fully saturated rings. The molecule has 7 heteroatoms. The first-order valence-corrected chi connectivity index (χ1v) is 9.43. The fraction of sp³-hybridized carbons (Fsp3) is 0.211. The zero-order valence-corrected chi connectivity index (χ0v) is 15.5. The molecule has 0 aliphatic carbocycles. The Balaban J connectivity index is 1.80. The predicted molar refractivity (Wildman–Crippen MR) is 106 cm³/mol. The summed E-state index contributed by atoms with van der Waals surface area (Å²) in [5.74, 6) is -0.619. The second-order valence-corrected chi connectivity index (χ2v) is 7.48. The van der Waals surface area contributed by atoms with E-state index in [0.29, 0.717) is 23.2 Å². The Morgan fingerprint density at radius 1 is 1.15 bits per heavy atom. The number of hydrogen-bond donors (Lipinski definition) is 1. The number of primary amides is 1. The lowest BCUT2D eigenvalue weighted by Gasteiger charge is -2.16. The van der Waals surface area contributed by atoms with Crippen molar-refractivity contribution in [3.63, 3.8) is 0 Å². The van der Waals surface area contributed by atoms with Crippen LogP contribution in [-0.2, 0) is 16.0 Å². The number of nitrogens with two attached hydrogens (primary N) is 1. The molecule has 3 rings (SSSR count). The van der Waals surface area contributed by atoms with Crippen molar-refractivity contribution in [1.29, 1.82) is 0 Å². The molecule has 1 aliphatic rings. The summed E-state index contributed by atoms with van der Waals surface area (Å²) in [6.07, 6.45) is 0.676. The van der Waals surface area contributed by atoms with E-state index in [1.807, 2.05) is 54.6 Å². The molecule has 0 radical (unpaired) electrons. The summed E-state index contributed by atoms with van der Waals surface area (Å²) in [6, 6.07) is 17.0. The normalized spacial score (nSPS) is 18.5. The number of aliphatic imine (C=N–C) groups is 1. The number of carbonyl (C=O) groups excluding carboxylic acids is 2. The van der Waals surface area contributed by atoms with Crippen LogP contribution in [0.2, 0.25) is 5.02 Å². The Kier molecular flexibility index (Phi) is 5.96. The van der Waals surface area contributed by atoms with Crippen molar-refractivity contribution in [3.05, 3.63) is 65.2 Å². The molecule has 1 atom stereocenters. The Hall–Kier alpha value is -2.31. The number of rotatable bonds is 6. The lowest BCUT2D eigenvalue weighted by Crippen LogP contribution is -2.35. The van der Waals surface area contributed by atoms with Crippen LogP contribution in [0.5, 0.6) is 0 Å². The van der Waals surface area contributed by atoms with Gasteiger partial charge in [-0.15, -0.1) is 0 Å². The number of thioether (sulfide) groups is 1. The van der Waals surface area contributed by atoms with Gasteiger partial charge in [-0.25, -0.2) is 4.99 Å². The third-order valence-corrected chi connectivity index (χ3v) is 5.35. The van der Waals surface area contributed by atoms with Gasteiger partial charge in [0.1, 0.15) is 5.25 Å². The first-order chi connectivity index (χ1) is 12.5. The quantitative estimate of drug-likeness (QED) is 0.825. The van der Waals surface area contributed by atoms with Crippen molar-refractivity contribution in [2.45, 2.75) is 18.1 Å². The van der Waals surface area contributed by atoms with Crippen LogP contribution in [0.15, 0.2) is 59.6 Å². The molecule has 5 nitrogen and oxygen atoms in total. The summed E-state index contributed by atoms with van der Waals surface area (Å²) >= 11 is 7.20. The standard InChI is InChI=1S/C19H18ClN3O2S/c20-14-8-6-13(7-9-14)10-11-23-18(25)16(12-17(21)24)26-19(23)22-15-4-2-1-3-5-15/h1-9,16H,10-12H2,(H2,21,24)/t16-/m0/s1. The summed E-state index contributed by atoms with van der Waals surface area (Å²) in [5, 5.41) is 0.760. The molecule has 0 saturated carbocycles. The lowest BCUT2D eigenvalue weighted by atomic mass is 10.1. The van der Waals surface area contributed by atoms with Crippen LogP contribution in [-0.4, -0.2) is 33.7 Å². The number of para-hydroxylation sites is 1. The van der Waals surface area contributed by atoms with Gasteiger partial charge >= 0.3 is 0 Å². The van der Waals surface area contributed by atoms with E-state index in [2.05, 4.69) is 4.99 Å². The molecular formula is C19H18ClN3O2S. The SMILES string of the molecule is NC(=O)C[C@@H]1SC(=Nc2ccccc2)N(CCc2ccc(Cl)cc2)C1=O. The summed E-state index contributed by atoms with van der Waals surface area (Å²) in [4.78, 5) is 30.2. The van der Waals surface area contributed by atoms with E-state index in [1.165, 1.54) is 11.8 Å². The molecule has 0 aromatic heterocycles. The minimum Gasteiger partial charge on any atom is -0.370 e. The van der Waals surface area contributed by atoms with Gasteiger partial charge in [0.2, 0.25) is 11.8 Å². The molecule has 2 amide bonds. The van der Waals surface area contributed by atoms with Crippen LogP contribution in [0.1, 0.15) is 12.0 Å². The third-order valence-electron chi connectivity index (χ3n) is 3.92. The van der Waals surface area contributed by atoms with Gasteiger partial charge in [-0.05, 0) is 36.2 Å². The second-order valence-electron chi connectivity index (χ2n) is 5.87. The summed E-state index contributed by atoms with van der Waals surface area (Å²) in [6.45, 7) is 0.481. The molecule has 26 heavy (non-hydrogen) atoms. The van der Waals surface area contributed by atoms with Crippen molar-refractivity contribution in [2.75, 3.05) is 6.54 Å². The van der Waals surface area contributed by atoms with Crippen molar-refractivity contribution in [1.82, 2.24) is 4.90 Å².